The highest BCUT2D eigenvalue weighted by Crippen LogP contribution is 2.24. The lowest BCUT2D eigenvalue weighted by molar-refractivity contribution is 0.0697. The second-order valence-electron chi connectivity index (χ2n) is 3.62. The Morgan fingerprint density at radius 1 is 1.26 bits per heavy atom. The maximum Gasteiger partial charge on any atom is 0.339 e. The average molecular weight is 301 g/mol. The molecule has 2 rings (SSSR count). The van der Waals surface area contributed by atoms with Crippen molar-refractivity contribution < 1.29 is 14.3 Å². The topological polar surface area (TPSA) is 62.2 Å². The van der Waals surface area contributed by atoms with Crippen LogP contribution < -0.4 is 5.32 Å². The summed E-state index contributed by atoms with van der Waals surface area (Å²) in [6, 6.07) is 6.41. The molecule has 0 bridgehead atoms. The molecule has 2 N–H and O–H groups in total. The van der Waals surface area contributed by atoms with Gasteiger partial charge in [-0.2, -0.15) is 0 Å². The van der Waals surface area contributed by atoms with E-state index in [0.29, 0.717) is 0 Å². The molecule has 19 heavy (non-hydrogen) atoms. The fourth-order valence-electron chi connectivity index (χ4n) is 1.47. The maximum absolute atomic E-state index is 13.2. The van der Waals surface area contributed by atoms with Crippen LogP contribution in [0.25, 0.3) is 0 Å². The number of anilines is 2. The van der Waals surface area contributed by atoms with Crippen LogP contribution in [0.2, 0.25) is 10.2 Å². The number of pyridine rings is 1. The van der Waals surface area contributed by atoms with Crippen molar-refractivity contribution in [3.05, 3.63) is 51.9 Å². The smallest absolute Gasteiger partial charge is 0.339 e. The van der Waals surface area contributed by atoms with Crippen LogP contribution in [0.3, 0.4) is 0 Å². The first-order valence-corrected chi connectivity index (χ1v) is 5.84. The molecule has 0 saturated heterocycles. The van der Waals surface area contributed by atoms with Gasteiger partial charge in [0.15, 0.2) is 0 Å². The van der Waals surface area contributed by atoms with E-state index in [1.54, 1.807) is 0 Å². The molecule has 0 radical (unpaired) electrons. The highest BCUT2D eigenvalue weighted by atomic mass is 35.5. The van der Waals surface area contributed by atoms with Crippen LogP contribution in [0.1, 0.15) is 10.4 Å². The van der Waals surface area contributed by atoms with E-state index in [4.69, 9.17) is 28.3 Å². The van der Waals surface area contributed by atoms with Crippen molar-refractivity contribution in [2.24, 2.45) is 0 Å². The molecule has 0 saturated carbocycles. The Morgan fingerprint density at radius 3 is 2.63 bits per heavy atom. The molecule has 0 unspecified atom stereocenters. The van der Waals surface area contributed by atoms with Gasteiger partial charge >= 0.3 is 5.97 Å². The summed E-state index contributed by atoms with van der Waals surface area (Å²) < 4.78 is 13.2. The van der Waals surface area contributed by atoms with Crippen LogP contribution in [0.15, 0.2) is 30.3 Å². The Hall–Kier alpha value is -1.85. The molecular weight excluding hydrogens is 294 g/mol. The van der Waals surface area contributed by atoms with Crippen LogP contribution in [0.5, 0.6) is 0 Å². The van der Waals surface area contributed by atoms with Crippen molar-refractivity contribution >= 4 is 40.7 Å². The molecule has 1 heterocycles. The van der Waals surface area contributed by atoms with Crippen molar-refractivity contribution in [3.8, 4) is 0 Å². The van der Waals surface area contributed by atoms with Crippen LogP contribution in [0, 0.1) is 5.82 Å². The molecule has 98 valence electrons. The molecule has 0 fully saturated rings. The average Bonchev–Trinajstić information content (AvgIpc) is 2.26. The maximum atomic E-state index is 13.2. The fraction of sp³-hybridized carbons (Fsp3) is 0. The molecule has 0 atom stereocenters. The summed E-state index contributed by atoms with van der Waals surface area (Å²) in [5, 5.41) is 12.0. The zero-order valence-electron chi connectivity index (χ0n) is 9.32. The fourth-order valence-corrected chi connectivity index (χ4v) is 1.84. The highest BCUT2D eigenvalue weighted by Gasteiger charge is 2.12. The number of hydrogen-bond acceptors (Lipinski definition) is 3. The van der Waals surface area contributed by atoms with Gasteiger partial charge in [-0.25, -0.2) is 14.2 Å². The minimum atomic E-state index is -1.17. The Bertz CT molecular complexity index is 629. The van der Waals surface area contributed by atoms with Gasteiger partial charge in [0.2, 0.25) is 0 Å². The van der Waals surface area contributed by atoms with E-state index < -0.39 is 11.8 Å². The number of aromatic carboxylic acids is 1. The second kappa shape index (κ2) is 5.42. The minimum absolute atomic E-state index is 0.0154. The normalized spacial score (nSPS) is 10.3. The summed E-state index contributed by atoms with van der Waals surface area (Å²) >= 11 is 11.4. The lowest BCUT2D eigenvalue weighted by Crippen LogP contribution is -2.05. The SMILES string of the molecule is O=C(O)c1ccc(Cl)nc1Nc1cc(F)cc(Cl)c1. The lowest BCUT2D eigenvalue weighted by Gasteiger charge is -2.09. The van der Waals surface area contributed by atoms with Crippen LogP contribution in [-0.2, 0) is 0 Å². The standard InChI is InChI=1S/C12H7Cl2FN2O2/c13-6-3-7(15)5-8(4-6)16-11-9(12(18)19)1-2-10(14)17-11/h1-5H,(H,16,17)(H,18,19). The number of rotatable bonds is 3. The first-order valence-electron chi connectivity index (χ1n) is 5.08. The number of nitrogens with zero attached hydrogens (tertiary/aromatic N) is 1. The number of benzene rings is 1. The van der Waals surface area contributed by atoms with Gasteiger partial charge in [0.05, 0.1) is 0 Å². The Morgan fingerprint density at radius 2 is 2.00 bits per heavy atom. The van der Waals surface area contributed by atoms with Gasteiger partial charge in [-0.3, -0.25) is 0 Å². The largest absolute Gasteiger partial charge is 0.478 e. The quantitative estimate of drug-likeness (QED) is 0.842. The molecule has 1 aromatic carbocycles. The zero-order valence-corrected chi connectivity index (χ0v) is 10.8. The molecule has 0 amide bonds. The molecule has 0 aliphatic rings. The van der Waals surface area contributed by atoms with E-state index >= 15 is 0 Å². The van der Waals surface area contributed by atoms with Gasteiger partial charge in [0.1, 0.15) is 22.4 Å². The molecule has 2 aromatic rings. The molecule has 0 aliphatic carbocycles. The number of aromatic nitrogens is 1. The highest BCUT2D eigenvalue weighted by molar-refractivity contribution is 6.31. The molecule has 1 aromatic heterocycles. The number of carboxylic acid groups (broad SMARTS) is 1. The first kappa shape index (κ1) is 13.6. The predicted molar refractivity (Wildman–Crippen MR) is 70.9 cm³/mol. The van der Waals surface area contributed by atoms with Crippen molar-refractivity contribution in [2.75, 3.05) is 5.32 Å². The second-order valence-corrected chi connectivity index (χ2v) is 4.44. The van der Waals surface area contributed by atoms with E-state index in [-0.39, 0.29) is 27.2 Å². The number of nitrogens with one attached hydrogen (secondary N) is 1. The van der Waals surface area contributed by atoms with Crippen molar-refractivity contribution in [1.29, 1.82) is 0 Å². The van der Waals surface area contributed by atoms with Crippen molar-refractivity contribution in [3.63, 3.8) is 0 Å². The molecular formula is C12H7Cl2FN2O2. The van der Waals surface area contributed by atoms with E-state index in [1.807, 2.05) is 0 Å². The summed E-state index contributed by atoms with van der Waals surface area (Å²) in [6.07, 6.45) is 0. The Labute approximate surface area is 117 Å². The minimum Gasteiger partial charge on any atom is -0.478 e. The zero-order chi connectivity index (χ0) is 14.0. The first-order chi connectivity index (χ1) is 8.95. The van der Waals surface area contributed by atoms with E-state index in [0.717, 1.165) is 6.07 Å². The van der Waals surface area contributed by atoms with Gasteiger partial charge in [0.25, 0.3) is 0 Å². The van der Waals surface area contributed by atoms with E-state index in [9.17, 15) is 9.18 Å². The third-order valence-corrected chi connectivity index (χ3v) is 2.65. The molecule has 0 spiro atoms. The third-order valence-electron chi connectivity index (χ3n) is 2.22. The number of hydrogen-bond donors (Lipinski definition) is 2. The summed E-state index contributed by atoms with van der Waals surface area (Å²) in [5.74, 6) is -1.70. The van der Waals surface area contributed by atoms with Gasteiger partial charge < -0.3 is 10.4 Å². The summed E-state index contributed by atoms with van der Waals surface area (Å²) in [4.78, 5) is 14.9. The van der Waals surface area contributed by atoms with Crippen LogP contribution in [-0.4, -0.2) is 16.1 Å². The van der Waals surface area contributed by atoms with Gasteiger partial charge in [0, 0.05) is 10.7 Å². The third kappa shape index (κ3) is 3.33. The van der Waals surface area contributed by atoms with Crippen LogP contribution in [0.4, 0.5) is 15.9 Å². The van der Waals surface area contributed by atoms with Crippen LogP contribution >= 0.6 is 23.2 Å². The molecule has 0 aliphatic heterocycles. The number of carboxylic acids is 1. The van der Waals surface area contributed by atoms with Gasteiger partial charge in [-0.15, -0.1) is 0 Å². The Kier molecular flexibility index (Phi) is 3.87. The summed E-state index contributed by atoms with van der Waals surface area (Å²) in [7, 11) is 0. The van der Waals surface area contributed by atoms with E-state index in [2.05, 4.69) is 10.3 Å². The summed E-state index contributed by atoms with van der Waals surface area (Å²) in [5.41, 5.74) is 0.201. The van der Waals surface area contributed by atoms with E-state index in [1.165, 1.54) is 24.3 Å². The van der Waals surface area contributed by atoms with Gasteiger partial charge in [-0.05, 0) is 30.3 Å². The molecule has 7 heteroatoms. The molecule has 4 nitrogen and oxygen atoms in total. The number of halogens is 3. The van der Waals surface area contributed by atoms with Crippen molar-refractivity contribution in [2.45, 2.75) is 0 Å². The van der Waals surface area contributed by atoms with Gasteiger partial charge in [-0.1, -0.05) is 23.2 Å². The number of carbonyl (C=O) groups is 1. The lowest BCUT2D eigenvalue weighted by atomic mass is 10.2. The Balaban J connectivity index is 2.42. The predicted octanol–water partition coefficient (Wildman–Crippen LogP) is 3.97. The summed E-state index contributed by atoms with van der Waals surface area (Å²) in [6.45, 7) is 0. The van der Waals surface area contributed by atoms with Crippen molar-refractivity contribution in [1.82, 2.24) is 4.98 Å². The monoisotopic (exact) mass is 300 g/mol.